The number of halogens is 2. The minimum absolute atomic E-state index is 0.0656. The quantitative estimate of drug-likeness (QED) is 0.748. The van der Waals surface area contributed by atoms with Crippen LogP contribution in [0.1, 0.15) is 5.89 Å². The van der Waals surface area contributed by atoms with Gasteiger partial charge >= 0.3 is 0 Å². The highest BCUT2D eigenvalue weighted by atomic mass is 35.5. The lowest BCUT2D eigenvalue weighted by molar-refractivity contribution is 0.552. The SMILES string of the molecule is Nc1cccc2oc(CS(=O)c3ccc(F)c(Cl)c3)nc12. The molecule has 0 saturated carbocycles. The topological polar surface area (TPSA) is 69.1 Å². The second-order valence-corrected chi connectivity index (χ2v) is 6.23. The molecule has 1 heterocycles. The molecule has 3 aromatic rings. The van der Waals surface area contributed by atoms with Gasteiger partial charge in [-0.25, -0.2) is 9.37 Å². The molecular weight excluding hydrogens is 315 g/mol. The molecule has 1 atom stereocenters. The zero-order valence-electron chi connectivity index (χ0n) is 10.7. The Balaban J connectivity index is 1.89. The predicted octanol–water partition coefficient (Wildman–Crippen LogP) is 3.51. The van der Waals surface area contributed by atoms with Crippen LogP contribution in [0.15, 0.2) is 45.7 Å². The summed E-state index contributed by atoms with van der Waals surface area (Å²) in [4.78, 5) is 4.64. The number of nitrogen functional groups attached to an aromatic ring is 1. The molecule has 4 nitrogen and oxygen atoms in total. The maximum absolute atomic E-state index is 13.1. The number of nitrogens with two attached hydrogens (primary N) is 1. The van der Waals surface area contributed by atoms with Crippen LogP contribution in [0.2, 0.25) is 5.02 Å². The summed E-state index contributed by atoms with van der Waals surface area (Å²) in [5, 5.41) is -0.0670. The van der Waals surface area contributed by atoms with Crippen LogP contribution in [0.5, 0.6) is 0 Å². The van der Waals surface area contributed by atoms with Gasteiger partial charge in [0.05, 0.1) is 21.5 Å². The second-order valence-electron chi connectivity index (χ2n) is 4.37. The van der Waals surface area contributed by atoms with Gasteiger partial charge in [-0.15, -0.1) is 0 Å². The number of oxazole rings is 1. The fourth-order valence-corrected chi connectivity index (χ4v) is 3.12. The van der Waals surface area contributed by atoms with Crippen molar-refractivity contribution in [2.75, 3.05) is 5.73 Å². The van der Waals surface area contributed by atoms with Gasteiger partial charge in [-0.3, -0.25) is 4.21 Å². The fraction of sp³-hybridized carbons (Fsp3) is 0.0714. The number of nitrogens with zero attached hydrogens (tertiary/aromatic N) is 1. The Hall–Kier alpha value is -1.92. The van der Waals surface area contributed by atoms with Crippen molar-refractivity contribution < 1.29 is 13.0 Å². The number of benzene rings is 2. The number of anilines is 1. The Bertz CT molecular complexity index is 850. The lowest BCUT2D eigenvalue weighted by atomic mass is 10.3. The Kier molecular flexibility index (Phi) is 3.65. The second kappa shape index (κ2) is 5.46. The molecule has 0 bridgehead atoms. The summed E-state index contributed by atoms with van der Waals surface area (Å²) in [7, 11) is -1.43. The summed E-state index contributed by atoms with van der Waals surface area (Å²) in [6, 6.07) is 9.15. The normalized spacial score (nSPS) is 12.7. The van der Waals surface area contributed by atoms with E-state index in [1.54, 1.807) is 18.2 Å². The van der Waals surface area contributed by atoms with Crippen molar-refractivity contribution in [3.05, 3.63) is 53.1 Å². The molecule has 0 spiro atoms. The zero-order chi connectivity index (χ0) is 15.0. The summed E-state index contributed by atoms with van der Waals surface area (Å²) in [5.74, 6) is -0.176. The molecule has 1 unspecified atom stereocenters. The maximum Gasteiger partial charge on any atom is 0.208 e. The summed E-state index contributed by atoms with van der Waals surface area (Å²) < 4.78 is 30.8. The van der Waals surface area contributed by atoms with Crippen LogP contribution >= 0.6 is 11.6 Å². The van der Waals surface area contributed by atoms with Gasteiger partial charge in [0, 0.05) is 4.90 Å². The number of fused-ring (bicyclic) bond motifs is 1. The van der Waals surface area contributed by atoms with Crippen LogP contribution in [0, 0.1) is 5.82 Å². The molecule has 0 amide bonds. The number of aromatic nitrogens is 1. The summed E-state index contributed by atoms with van der Waals surface area (Å²) in [5.41, 5.74) is 7.37. The Morgan fingerprint density at radius 2 is 2.14 bits per heavy atom. The van der Waals surface area contributed by atoms with Crippen LogP contribution in [-0.2, 0) is 16.6 Å². The van der Waals surface area contributed by atoms with Gasteiger partial charge in [0.15, 0.2) is 5.58 Å². The fourth-order valence-electron chi connectivity index (χ4n) is 1.89. The zero-order valence-corrected chi connectivity index (χ0v) is 12.2. The molecule has 1 aromatic heterocycles. The molecule has 7 heteroatoms. The molecule has 0 aliphatic carbocycles. The number of hydrogen-bond donors (Lipinski definition) is 1. The third-order valence-electron chi connectivity index (χ3n) is 2.90. The van der Waals surface area contributed by atoms with Crippen LogP contribution in [0.3, 0.4) is 0 Å². The Labute approximate surface area is 127 Å². The van der Waals surface area contributed by atoms with Gasteiger partial charge in [0.2, 0.25) is 5.89 Å². The van der Waals surface area contributed by atoms with Gasteiger partial charge in [0.25, 0.3) is 0 Å². The molecule has 0 aliphatic heterocycles. The molecule has 2 N–H and O–H groups in total. The Morgan fingerprint density at radius 1 is 1.33 bits per heavy atom. The minimum atomic E-state index is -1.43. The maximum atomic E-state index is 13.1. The monoisotopic (exact) mass is 324 g/mol. The average molecular weight is 325 g/mol. The van der Waals surface area contributed by atoms with E-state index in [9.17, 15) is 8.60 Å². The molecule has 0 aliphatic rings. The first-order valence-corrected chi connectivity index (χ1v) is 7.71. The van der Waals surface area contributed by atoms with E-state index in [1.165, 1.54) is 18.2 Å². The van der Waals surface area contributed by atoms with Gasteiger partial charge < -0.3 is 10.2 Å². The highest BCUT2D eigenvalue weighted by Crippen LogP contribution is 2.24. The first-order chi connectivity index (χ1) is 10.0. The molecule has 3 rings (SSSR count). The van der Waals surface area contributed by atoms with Crippen LogP contribution < -0.4 is 5.73 Å². The molecular formula is C14H10ClFN2O2S. The van der Waals surface area contributed by atoms with E-state index in [1.807, 2.05) is 0 Å². The van der Waals surface area contributed by atoms with Crippen LogP contribution in [0.25, 0.3) is 11.1 Å². The van der Waals surface area contributed by atoms with Crippen LogP contribution in [0.4, 0.5) is 10.1 Å². The summed E-state index contributed by atoms with van der Waals surface area (Å²) >= 11 is 5.68. The van der Waals surface area contributed by atoms with E-state index < -0.39 is 16.6 Å². The third-order valence-corrected chi connectivity index (χ3v) is 4.48. The van der Waals surface area contributed by atoms with Gasteiger partial charge in [0.1, 0.15) is 17.1 Å². The van der Waals surface area contributed by atoms with E-state index in [0.29, 0.717) is 27.6 Å². The van der Waals surface area contributed by atoms with E-state index in [4.69, 9.17) is 21.8 Å². The molecule has 2 aromatic carbocycles. The lowest BCUT2D eigenvalue weighted by Crippen LogP contribution is -1.97. The van der Waals surface area contributed by atoms with Crippen LogP contribution in [-0.4, -0.2) is 9.19 Å². The van der Waals surface area contributed by atoms with E-state index in [-0.39, 0.29) is 10.8 Å². The van der Waals surface area contributed by atoms with Crippen molar-refractivity contribution in [2.24, 2.45) is 0 Å². The first-order valence-electron chi connectivity index (χ1n) is 6.02. The van der Waals surface area contributed by atoms with Gasteiger partial charge in [-0.2, -0.15) is 0 Å². The van der Waals surface area contributed by atoms with E-state index in [0.717, 1.165) is 0 Å². The number of rotatable bonds is 3. The van der Waals surface area contributed by atoms with Crippen molar-refractivity contribution in [3.8, 4) is 0 Å². The first kappa shape index (κ1) is 14.0. The van der Waals surface area contributed by atoms with E-state index >= 15 is 0 Å². The molecule has 0 saturated heterocycles. The number of para-hydroxylation sites is 1. The lowest BCUT2D eigenvalue weighted by Gasteiger charge is -2.01. The summed E-state index contributed by atoms with van der Waals surface area (Å²) in [6.07, 6.45) is 0. The molecule has 108 valence electrons. The van der Waals surface area contributed by atoms with Crippen molar-refractivity contribution in [1.29, 1.82) is 0 Å². The molecule has 21 heavy (non-hydrogen) atoms. The van der Waals surface area contributed by atoms with Crippen molar-refractivity contribution in [3.63, 3.8) is 0 Å². The van der Waals surface area contributed by atoms with E-state index in [2.05, 4.69) is 4.98 Å². The average Bonchev–Trinajstić information content (AvgIpc) is 2.86. The smallest absolute Gasteiger partial charge is 0.208 e. The molecule has 0 fully saturated rings. The third kappa shape index (κ3) is 2.77. The number of hydrogen-bond acceptors (Lipinski definition) is 4. The summed E-state index contributed by atoms with van der Waals surface area (Å²) in [6.45, 7) is 0. The highest BCUT2D eigenvalue weighted by Gasteiger charge is 2.13. The van der Waals surface area contributed by atoms with Gasteiger partial charge in [-0.05, 0) is 30.3 Å². The van der Waals surface area contributed by atoms with Crippen molar-refractivity contribution in [1.82, 2.24) is 4.98 Å². The highest BCUT2D eigenvalue weighted by molar-refractivity contribution is 7.84. The minimum Gasteiger partial charge on any atom is -0.440 e. The van der Waals surface area contributed by atoms with Gasteiger partial charge in [-0.1, -0.05) is 17.7 Å². The predicted molar refractivity (Wildman–Crippen MR) is 79.9 cm³/mol. The Morgan fingerprint density at radius 3 is 2.86 bits per heavy atom. The largest absolute Gasteiger partial charge is 0.440 e. The molecule has 0 radical (unpaired) electrons. The van der Waals surface area contributed by atoms with Crippen molar-refractivity contribution >= 4 is 39.2 Å². The van der Waals surface area contributed by atoms with Crippen molar-refractivity contribution in [2.45, 2.75) is 10.6 Å². The standard InChI is InChI=1S/C14H10ClFN2O2S/c15-9-6-8(4-5-10(9)16)21(19)7-13-18-14-11(17)2-1-3-12(14)20-13/h1-6H,7,17H2.